The van der Waals surface area contributed by atoms with E-state index in [4.69, 9.17) is 5.73 Å². The van der Waals surface area contributed by atoms with Gasteiger partial charge in [-0.05, 0) is 34.7 Å². The van der Waals surface area contributed by atoms with Gasteiger partial charge in [-0.15, -0.1) is 0 Å². The zero-order valence-corrected chi connectivity index (χ0v) is 12.3. The molecular weight excluding hydrogens is 258 g/mol. The van der Waals surface area contributed by atoms with Crippen molar-refractivity contribution in [2.24, 2.45) is 5.73 Å². The topological polar surface area (TPSA) is 42.1 Å². The minimum atomic E-state index is -0.155. The van der Waals surface area contributed by atoms with Crippen LogP contribution in [0.15, 0.2) is 60.9 Å². The number of pyridine rings is 1. The van der Waals surface area contributed by atoms with E-state index in [0.29, 0.717) is 0 Å². The van der Waals surface area contributed by atoms with Gasteiger partial charge in [-0.1, -0.05) is 30.3 Å². The number of nitrogens with two attached hydrogens (primary N) is 1. The molecule has 0 bridgehead atoms. The summed E-state index contributed by atoms with van der Waals surface area (Å²) in [6.45, 7) is 0. The highest BCUT2D eigenvalue weighted by Crippen LogP contribution is 2.28. The summed E-state index contributed by atoms with van der Waals surface area (Å²) in [5.74, 6) is 0. The Morgan fingerprint density at radius 3 is 2.67 bits per heavy atom. The van der Waals surface area contributed by atoms with Crippen molar-refractivity contribution in [3.63, 3.8) is 0 Å². The molecule has 1 unspecified atom stereocenters. The molecule has 1 atom stereocenters. The lowest BCUT2D eigenvalue weighted by Crippen LogP contribution is -2.14. The van der Waals surface area contributed by atoms with Crippen LogP contribution < -0.4 is 10.6 Å². The number of aromatic nitrogens is 1. The molecule has 0 aliphatic rings. The molecule has 2 N–H and O–H groups in total. The number of nitrogens with zero attached hydrogens (tertiary/aromatic N) is 2. The summed E-state index contributed by atoms with van der Waals surface area (Å²) < 4.78 is 0. The van der Waals surface area contributed by atoms with Gasteiger partial charge in [0.05, 0.1) is 6.04 Å². The first-order valence-electron chi connectivity index (χ1n) is 7.02. The number of benzene rings is 2. The van der Waals surface area contributed by atoms with Crippen LogP contribution in [0, 0.1) is 0 Å². The second-order valence-electron chi connectivity index (χ2n) is 5.41. The fourth-order valence-electron chi connectivity index (χ4n) is 2.58. The summed E-state index contributed by atoms with van der Waals surface area (Å²) in [5, 5.41) is 2.28. The number of fused-ring (bicyclic) bond motifs is 1. The van der Waals surface area contributed by atoms with Crippen LogP contribution in [-0.4, -0.2) is 19.1 Å². The molecule has 0 spiro atoms. The molecule has 3 aromatic rings. The van der Waals surface area contributed by atoms with Gasteiger partial charge in [0, 0.05) is 37.6 Å². The minimum absolute atomic E-state index is 0.155. The third kappa shape index (κ3) is 2.60. The molecule has 1 heterocycles. The molecule has 0 fully saturated rings. The molecule has 0 saturated carbocycles. The van der Waals surface area contributed by atoms with Gasteiger partial charge in [0.25, 0.3) is 0 Å². The van der Waals surface area contributed by atoms with E-state index in [1.165, 1.54) is 5.39 Å². The highest BCUT2D eigenvalue weighted by molar-refractivity contribution is 5.85. The largest absolute Gasteiger partial charge is 0.378 e. The third-order valence-corrected chi connectivity index (χ3v) is 3.80. The quantitative estimate of drug-likeness (QED) is 0.798. The summed E-state index contributed by atoms with van der Waals surface area (Å²) in [5.41, 5.74) is 9.88. The van der Waals surface area contributed by atoms with Crippen molar-refractivity contribution in [3.8, 4) is 0 Å². The lowest BCUT2D eigenvalue weighted by Gasteiger charge is -2.18. The molecule has 1 aromatic heterocycles. The Morgan fingerprint density at radius 1 is 1.05 bits per heavy atom. The molecule has 3 nitrogen and oxygen atoms in total. The van der Waals surface area contributed by atoms with Gasteiger partial charge < -0.3 is 10.6 Å². The molecule has 0 saturated heterocycles. The van der Waals surface area contributed by atoms with Crippen molar-refractivity contribution in [1.29, 1.82) is 0 Å². The number of hydrogen-bond donors (Lipinski definition) is 1. The van der Waals surface area contributed by atoms with E-state index in [2.05, 4.69) is 40.2 Å². The first kappa shape index (κ1) is 13.6. The van der Waals surface area contributed by atoms with Crippen LogP contribution in [0.25, 0.3) is 10.8 Å². The predicted molar refractivity (Wildman–Crippen MR) is 88.5 cm³/mol. The zero-order valence-electron chi connectivity index (χ0n) is 12.3. The lowest BCUT2D eigenvalue weighted by atomic mass is 9.95. The van der Waals surface area contributed by atoms with Crippen molar-refractivity contribution in [2.45, 2.75) is 6.04 Å². The summed E-state index contributed by atoms with van der Waals surface area (Å²) in [6, 6.07) is 16.4. The van der Waals surface area contributed by atoms with Gasteiger partial charge in [0.15, 0.2) is 0 Å². The van der Waals surface area contributed by atoms with Gasteiger partial charge in [-0.25, -0.2) is 0 Å². The summed E-state index contributed by atoms with van der Waals surface area (Å²) >= 11 is 0. The Bertz CT molecular complexity index is 760. The van der Waals surface area contributed by atoms with Crippen molar-refractivity contribution < 1.29 is 0 Å². The van der Waals surface area contributed by atoms with Crippen LogP contribution in [0.1, 0.15) is 17.2 Å². The normalized spacial score (nSPS) is 12.3. The Kier molecular flexibility index (Phi) is 3.59. The van der Waals surface area contributed by atoms with E-state index in [-0.39, 0.29) is 6.04 Å². The molecular formula is C18H19N3. The van der Waals surface area contributed by atoms with E-state index >= 15 is 0 Å². The standard InChI is InChI=1S/C18H19N3/c1-21(2)15-7-3-6-14(11-15)18(19)16-8-4-5-13-9-10-20-12-17(13)16/h3-12,18H,19H2,1-2H3. The van der Waals surface area contributed by atoms with Crippen molar-refractivity contribution in [2.75, 3.05) is 19.0 Å². The minimum Gasteiger partial charge on any atom is -0.378 e. The van der Waals surface area contributed by atoms with Gasteiger partial charge in [-0.3, -0.25) is 4.98 Å². The molecule has 3 rings (SSSR count). The smallest absolute Gasteiger partial charge is 0.0559 e. The molecule has 0 aliphatic carbocycles. The monoisotopic (exact) mass is 277 g/mol. The van der Waals surface area contributed by atoms with Crippen LogP contribution in [0.3, 0.4) is 0 Å². The fourth-order valence-corrected chi connectivity index (χ4v) is 2.58. The van der Waals surface area contributed by atoms with Crippen molar-refractivity contribution in [1.82, 2.24) is 4.98 Å². The Balaban J connectivity index is 2.08. The third-order valence-electron chi connectivity index (χ3n) is 3.80. The molecule has 0 radical (unpaired) electrons. The summed E-state index contributed by atoms with van der Waals surface area (Å²) in [4.78, 5) is 6.32. The predicted octanol–water partition coefficient (Wildman–Crippen LogP) is 3.35. The van der Waals surface area contributed by atoms with Gasteiger partial charge in [0.2, 0.25) is 0 Å². The van der Waals surface area contributed by atoms with E-state index in [0.717, 1.165) is 22.2 Å². The first-order valence-corrected chi connectivity index (χ1v) is 7.02. The molecule has 0 aliphatic heterocycles. The second-order valence-corrected chi connectivity index (χ2v) is 5.41. The van der Waals surface area contributed by atoms with Crippen LogP contribution >= 0.6 is 0 Å². The average molecular weight is 277 g/mol. The number of hydrogen-bond acceptors (Lipinski definition) is 3. The number of rotatable bonds is 3. The molecule has 2 aromatic carbocycles. The highest BCUT2D eigenvalue weighted by atomic mass is 15.1. The lowest BCUT2D eigenvalue weighted by molar-refractivity contribution is 0.878. The fraction of sp³-hybridized carbons (Fsp3) is 0.167. The highest BCUT2D eigenvalue weighted by Gasteiger charge is 2.13. The molecule has 3 heteroatoms. The van der Waals surface area contributed by atoms with Crippen LogP contribution in [0.4, 0.5) is 5.69 Å². The van der Waals surface area contributed by atoms with Gasteiger partial charge >= 0.3 is 0 Å². The molecule has 0 amide bonds. The van der Waals surface area contributed by atoms with Crippen LogP contribution in [0.2, 0.25) is 0 Å². The van der Waals surface area contributed by atoms with Crippen LogP contribution in [0.5, 0.6) is 0 Å². The average Bonchev–Trinajstić information content (AvgIpc) is 2.53. The van der Waals surface area contributed by atoms with Gasteiger partial charge in [-0.2, -0.15) is 0 Å². The Hall–Kier alpha value is -2.39. The zero-order chi connectivity index (χ0) is 14.8. The Labute approximate surface area is 125 Å². The first-order chi connectivity index (χ1) is 10.2. The maximum atomic E-state index is 6.51. The maximum Gasteiger partial charge on any atom is 0.0559 e. The molecule has 106 valence electrons. The Morgan fingerprint density at radius 2 is 1.86 bits per heavy atom. The van der Waals surface area contributed by atoms with Crippen molar-refractivity contribution >= 4 is 16.5 Å². The SMILES string of the molecule is CN(C)c1cccc(C(N)c2cccc3ccncc23)c1. The summed E-state index contributed by atoms with van der Waals surface area (Å²) in [7, 11) is 4.07. The maximum absolute atomic E-state index is 6.51. The van der Waals surface area contributed by atoms with Gasteiger partial charge in [0.1, 0.15) is 0 Å². The number of anilines is 1. The second kappa shape index (κ2) is 5.54. The van der Waals surface area contributed by atoms with E-state index < -0.39 is 0 Å². The van der Waals surface area contributed by atoms with E-state index in [1.54, 1.807) is 0 Å². The van der Waals surface area contributed by atoms with E-state index in [1.807, 2.05) is 44.7 Å². The molecule has 21 heavy (non-hydrogen) atoms. The van der Waals surface area contributed by atoms with E-state index in [9.17, 15) is 0 Å². The van der Waals surface area contributed by atoms with Crippen LogP contribution in [-0.2, 0) is 0 Å². The summed E-state index contributed by atoms with van der Waals surface area (Å²) in [6.07, 6.45) is 3.70. The van der Waals surface area contributed by atoms with Crippen molar-refractivity contribution in [3.05, 3.63) is 72.1 Å².